The van der Waals surface area contributed by atoms with Crippen molar-refractivity contribution < 1.29 is 0 Å². The van der Waals surface area contributed by atoms with Crippen molar-refractivity contribution in [2.75, 3.05) is 13.1 Å². The molecule has 22 heavy (non-hydrogen) atoms. The maximum Gasteiger partial charge on any atom is 0.266 e. The summed E-state index contributed by atoms with van der Waals surface area (Å²) < 4.78 is 1.61. The molecule has 1 fully saturated rings. The molecule has 1 aliphatic heterocycles. The van der Waals surface area contributed by atoms with Gasteiger partial charge in [0.1, 0.15) is 5.01 Å². The lowest BCUT2D eigenvalue weighted by Gasteiger charge is -2.38. The molecule has 0 aromatic carbocycles. The van der Waals surface area contributed by atoms with Crippen LogP contribution in [0.5, 0.6) is 0 Å². The van der Waals surface area contributed by atoms with Crippen molar-refractivity contribution in [1.82, 2.24) is 19.7 Å². The summed E-state index contributed by atoms with van der Waals surface area (Å²) in [4.78, 5) is 20.5. The summed E-state index contributed by atoms with van der Waals surface area (Å²) in [7, 11) is 0. The summed E-state index contributed by atoms with van der Waals surface area (Å²) in [6.07, 6.45) is 3.66. The third-order valence-electron chi connectivity index (χ3n) is 4.46. The second kappa shape index (κ2) is 5.59. The Morgan fingerprint density at radius 2 is 2.18 bits per heavy atom. The van der Waals surface area contributed by atoms with Crippen molar-refractivity contribution >= 4 is 11.3 Å². The van der Waals surface area contributed by atoms with Gasteiger partial charge in [-0.3, -0.25) is 9.69 Å². The van der Waals surface area contributed by atoms with Crippen LogP contribution in [-0.2, 0) is 25.9 Å². The van der Waals surface area contributed by atoms with Gasteiger partial charge in [0.05, 0.1) is 24.5 Å². The van der Waals surface area contributed by atoms with E-state index < -0.39 is 0 Å². The Balaban J connectivity index is 1.32. The zero-order valence-electron chi connectivity index (χ0n) is 12.8. The minimum absolute atomic E-state index is 0.000369. The van der Waals surface area contributed by atoms with Crippen LogP contribution in [0.1, 0.15) is 27.7 Å². The molecule has 4 rings (SSSR count). The molecule has 2 aromatic rings. The second-order valence-electron chi connectivity index (χ2n) is 6.39. The highest BCUT2D eigenvalue weighted by molar-refractivity contribution is 7.11. The zero-order chi connectivity index (χ0) is 15.1. The van der Waals surface area contributed by atoms with E-state index in [0.29, 0.717) is 5.92 Å². The average molecular weight is 316 g/mol. The highest BCUT2D eigenvalue weighted by Crippen LogP contribution is 2.29. The van der Waals surface area contributed by atoms with Crippen molar-refractivity contribution in [2.45, 2.75) is 39.3 Å². The van der Waals surface area contributed by atoms with Gasteiger partial charge in [0, 0.05) is 30.0 Å². The SMILES string of the molecule is Cc1ccc(=O)n(CC2CN(Cc3nc4c(s3)CCC4)C2)n1. The molecule has 0 unspecified atom stereocenters. The van der Waals surface area contributed by atoms with Gasteiger partial charge in [-0.05, 0) is 32.3 Å². The summed E-state index contributed by atoms with van der Waals surface area (Å²) in [6, 6.07) is 3.38. The standard InChI is InChI=1S/C16H20N4OS/c1-11-5-6-16(21)20(18-11)9-12-7-19(8-12)10-15-17-13-3-2-4-14(13)22-15/h5-6,12H,2-4,7-10H2,1H3. The largest absolute Gasteiger partial charge is 0.296 e. The van der Waals surface area contributed by atoms with Gasteiger partial charge in [0.25, 0.3) is 5.56 Å². The van der Waals surface area contributed by atoms with Crippen LogP contribution in [0.2, 0.25) is 0 Å². The normalized spacial score (nSPS) is 18.4. The van der Waals surface area contributed by atoms with Gasteiger partial charge in [-0.2, -0.15) is 5.10 Å². The molecule has 0 saturated carbocycles. The smallest absolute Gasteiger partial charge is 0.266 e. The van der Waals surface area contributed by atoms with Crippen LogP contribution >= 0.6 is 11.3 Å². The van der Waals surface area contributed by atoms with E-state index in [1.807, 2.05) is 18.3 Å². The van der Waals surface area contributed by atoms with Gasteiger partial charge < -0.3 is 0 Å². The molecule has 0 spiro atoms. The highest BCUT2D eigenvalue weighted by Gasteiger charge is 2.29. The first-order valence-electron chi connectivity index (χ1n) is 7.92. The monoisotopic (exact) mass is 316 g/mol. The Labute approximate surface area is 133 Å². The Morgan fingerprint density at radius 1 is 1.32 bits per heavy atom. The van der Waals surface area contributed by atoms with Gasteiger partial charge in [-0.25, -0.2) is 9.67 Å². The number of aromatic nitrogens is 3. The minimum atomic E-state index is 0.000369. The van der Waals surface area contributed by atoms with E-state index in [1.54, 1.807) is 16.8 Å². The molecule has 6 heteroatoms. The van der Waals surface area contributed by atoms with E-state index in [4.69, 9.17) is 4.98 Å². The molecule has 0 atom stereocenters. The summed E-state index contributed by atoms with van der Waals surface area (Å²) in [5, 5.41) is 5.57. The first-order valence-corrected chi connectivity index (χ1v) is 8.73. The maximum absolute atomic E-state index is 11.8. The van der Waals surface area contributed by atoms with Crippen LogP contribution in [-0.4, -0.2) is 32.8 Å². The zero-order valence-corrected chi connectivity index (χ0v) is 13.6. The maximum atomic E-state index is 11.8. The summed E-state index contributed by atoms with van der Waals surface area (Å²) in [5.41, 5.74) is 2.24. The minimum Gasteiger partial charge on any atom is -0.296 e. The molecule has 1 saturated heterocycles. The summed E-state index contributed by atoms with van der Waals surface area (Å²) in [6.45, 7) is 5.68. The van der Waals surface area contributed by atoms with Crippen molar-refractivity contribution in [3.8, 4) is 0 Å². The molecule has 0 bridgehead atoms. The average Bonchev–Trinajstić information content (AvgIpc) is 3.01. The third-order valence-corrected chi connectivity index (χ3v) is 5.60. The lowest BCUT2D eigenvalue weighted by Crippen LogP contribution is -2.48. The fourth-order valence-corrected chi connectivity index (χ4v) is 4.55. The number of thiazole rings is 1. The Hall–Kier alpha value is -1.53. The van der Waals surface area contributed by atoms with E-state index in [1.165, 1.54) is 28.4 Å². The van der Waals surface area contributed by atoms with Gasteiger partial charge in [0.15, 0.2) is 0 Å². The molecule has 1 aliphatic carbocycles. The van der Waals surface area contributed by atoms with Crippen molar-refractivity contribution in [2.24, 2.45) is 5.92 Å². The van der Waals surface area contributed by atoms with Crippen molar-refractivity contribution in [3.63, 3.8) is 0 Å². The number of likely N-dealkylation sites (tertiary alicyclic amines) is 1. The molecule has 116 valence electrons. The molecule has 2 aliphatic rings. The summed E-state index contributed by atoms with van der Waals surface area (Å²) >= 11 is 1.89. The van der Waals surface area contributed by atoms with E-state index >= 15 is 0 Å². The van der Waals surface area contributed by atoms with Gasteiger partial charge >= 0.3 is 0 Å². The van der Waals surface area contributed by atoms with Crippen molar-refractivity contribution in [3.05, 3.63) is 43.8 Å². The van der Waals surface area contributed by atoms with E-state index in [-0.39, 0.29) is 5.56 Å². The molecule has 0 amide bonds. The first kappa shape index (κ1) is 14.1. The number of nitrogens with zero attached hydrogens (tertiary/aromatic N) is 4. The Bertz CT molecular complexity index is 723. The molecular formula is C16H20N4OS. The lowest BCUT2D eigenvalue weighted by molar-refractivity contribution is 0.0764. The van der Waals surface area contributed by atoms with E-state index in [0.717, 1.165) is 38.3 Å². The molecule has 0 radical (unpaired) electrons. The van der Waals surface area contributed by atoms with Gasteiger partial charge in [-0.1, -0.05) is 0 Å². The first-order chi connectivity index (χ1) is 10.7. The number of hydrogen-bond acceptors (Lipinski definition) is 5. The Kier molecular flexibility index (Phi) is 3.58. The van der Waals surface area contributed by atoms with Crippen LogP contribution in [0, 0.1) is 12.8 Å². The van der Waals surface area contributed by atoms with Crippen LogP contribution < -0.4 is 5.56 Å². The highest BCUT2D eigenvalue weighted by atomic mass is 32.1. The quantitative estimate of drug-likeness (QED) is 0.860. The predicted molar refractivity (Wildman–Crippen MR) is 86.1 cm³/mol. The molecular weight excluding hydrogens is 296 g/mol. The molecule has 2 aromatic heterocycles. The summed E-state index contributed by atoms with van der Waals surface area (Å²) in [5.74, 6) is 0.527. The van der Waals surface area contributed by atoms with Crippen LogP contribution in [0.4, 0.5) is 0 Å². The fraction of sp³-hybridized carbons (Fsp3) is 0.562. The van der Waals surface area contributed by atoms with E-state index in [9.17, 15) is 4.79 Å². The molecule has 0 N–H and O–H groups in total. The van der Waals surface area contributed by atoms with Crippen LogP contribution in [0.25, 0.3) is 0 Å². The topological polar surface area (TPSA) is 51.0 Å². The molecule has 5 nitrogen and oxygen atoms in total. The van der Waals surface area contributed by atoms with Crippen LogP contribution in [0.3, 0.4) is 0 Å². The van der Waals surface area contributed by atoms with Crippen molar-refractivity contribution in [1.29, 1.82) is 0 Å². The predicted octanol–water partition coefficient (Wildman–Crippen LogP) is 1.63. The van der Waals surface area contributed by atoms with Gasteiger partial charge in [-0.15, -0.1) is 11.3 Å². The number of aryl methyl sites for hydroxylation is 3. The second-order valence-corrected chi connectivity index (χ2v) is 7.55. The number of hydrogen-bond donors (Lipinski definition) is 0. The fourth-order valence-electron chi connectivity index (χ4n) is 3.35. The van der Waals surface area contributed by atoms with E-state index in [2.05, 4.69) is 10.00 Å². The third kappa shape index (κ3) is 2.73. The van der Waals surface area contributed by atoms with Crippen LogP contribution in [0.15, 0.2) is 16.9 Å². The molecule has 3 heterocycles. The number of fused-ring (bicyclic) bond motifs is 1. The van der Waals surface area contributed by atoms with Gasteiger partial charge in [0.2, 0.25) is 0 Å². The number of rotatable bonds is 4. The Morgan fingerprint density at radius 3 is 3.00 bits per heavy atom. The lowest BCUT2D eigenvalue weighted by atomic mass is 10.0.